The van der Waals surface area contributed by atoms with E-state index in [1.165, 1.54) is 12.4 Å². The third kappa shape index (κ3) is 4.92. The lowest BCUT2D eigenvalue weighted by molar-refractivity contribution is 0.0384. The first-order valence-electron chi connectivity index (χ1n) is 10.3. The van der Waals surface area contributed by atoms with Crippen molar-refractivity contribution in [2.75, 3.05) is 38.6 Å². The maximum Gasteiger partial charge on any atom is 0.274 e. The van der Waals surface area contributed by atoms with E-state index in [2.05, 4.69) is 20.2 Å². The van der Waals surface area contributed by atoms with Crippen molar-refractivity contribution < 1.29 is 9.53 Å². The number of anilines is 1. The Hall–Kier alpha value is -2.81. The normalized spacial score (nSPS) is 15.7. The quantitative estimate of drug-likeness (QED) is 0.606. The fourth-order valence-corrected chi connectivity index (χ4v) is 4.01. The molecule has 3 aromatic rings. The summed E-state index contributed by atoms with van der Waals surface area (Å²) in [7, 11) is 0. The number of benzene rings is 1. The third-order valence-electron chi connectivity index (χ3n) is 5.40. The molecule has 2 aromatic heterocycles. The van der Waals surface area contributed by atoms with Gasteiger partial charge in [-0.2, -0.15) is 0 Å². The molecule has 8 nitrogen and oxygen atoms in total. The first-order chi connectivity index (χ1) is 15.0. The number of hydrogen-bond acceptors (Lipinski definition) is 7. The molecule has 0 unspecified atom stereocenters. The van der Waals surface area contributed by atoms with Gasteiger partial charge < -0.3 is 15.8 Å². The van der Waals surface area contributed by atoms with E-state index in [9.17, 15) is 4.79 Å². The highest BCUT2D eigenvalue weighted by atomic mass is 35.5. The Morgan fingerprint density at radius 1 is 1.29 bits per heavy atom. The van der Waals surface area contributed by atoms with Crippen molar-refractivity contribution in [1.82, 2.24) is 25.2 Å². The zero-order valence-electron chi connectivity index (χ0n) is 17.3. The highest BCUT2D eigenvalue weighted by molar-refractivity contribution is 6.35. The second kappa shape index (κ2) is 9.55. The van der Waals surface area contributed by atoms with Gasteiger partial charge in [0.15, 0.2) is 11.5 Å². The summed E-state index contributed by atoms with van der Waals surface area (Å²) < 4.78 is 5.44. The zero-order chi connectivity index (χ0) is 21.8. The number of halogens is 1. The van der Waals surface area contributed by atoms with Gasteiger partial charge in [0.25, 0.3) is 5.91 Å². The molecule has 1 aliphatic heterocycles. The molecule has 1 aliphatic rings. The standard InChI is InChI=1S/C22H25ClN6O2/c1-14(27-22(30)20-21(24)26-7-6-25-20)18-13-15-3-2-4-16(23)19(15)17(28-18)5-8-29-9-11-31-12-10-29/h2-4,6-7,13-14H,5,8-12H2,1H3,(H2,24,26)(H,27,30)/t14-/m0/s1. The number of nitrogen functional groups attached to an aromatic ring is 1. The summed E-state index contributed by atoms with van der Waals surface area (Å²) in [6.07, 6.45) is 3.65. The molecule has 1 saturated heterocycles. The van der Waals surface area contributed by atoms with Crippen molar-refractivity contribution in [3.63, 3.8) is 0 Å². The van der Waals surface area contributed by atoms with Gasteiger partial charge in [-0.25, -0.2) is 9.97 Å². The number of hydrogen-bond donors (Lipinski definition) is 2. The minimum absolute atomic E-state index is 0.0941. The molecule has 0 aliphatic carbocycles. The minimum atomic E-state index is -0.388. The number of nitrogens with two attached hydrogens (primary N) is 1. The molecule has 3 N–H and O–H groups in total. The average molecular weight is 441 g/mol. The van der Waals surface area contributed by atoms with E-state index in [0.29, 0.717) is 5.02 Å². The summed E-state index contributed by atoms with van der Waals surface area (Å²) >= 11 is 6.52. The Balaban J connectivity index is 1.59. The van der Waals surface area contributed by atoms with Gasteiger partial charge in [0.05, 0.1) is 35.7 Å². The second-order valence-electron chi connectivity index (χ2n) is 7.52. The van der Waals surface area contributed by atoms with Gasteiger partial charge in [-0.3, -0.25) is 14.7 Å². The number of carbonyl (C=O) groups is 1. The highest BCUT2D eigenvalue weighted by Crippen LogP contribution is 2.29. The first-order valence-corrected chi connectivity index (χ1v) is 10.7. The predicted molar refractivity (Wildman–Crippen MR) is 120 cm³/mol. The Labute approximate surface area is 185 Å². The van der Waals surface area contributed by atoms with Crippen LogP contribution in [0.15, 0.2) is 36.7 Å². The molecule has 0 spiro atoms. The topological polar surface area (TPSA) is 106 Å². The number of amides is 1. The van der Waals surface area contributed by atoms with Crippen molar-refractivity contribution in [2.24, 2.45) is 0 Å². The van der Waals surface area contributed by atoms with Crippen LogP contribution in [0, 0.1) is 0 Å². The summed E-state index contributed by atoms with van der Waals surface area (Å²) in [5, 5.41) is 5.55. The van der Waals surface area contributed by atoms with Crippen molar-refractivity contribution in [1.29, 1.82) is 0 Å². The van der Waals surface area contributed by atoms with E-state index in [-0.39, 0.29) is 23.5 Å². The number of nitrogens with zero attached hydrogens (tertiary/aromatic N) is 4. The molecule has 1 fully saturated rings. The van der Waals surface area contributed by atoms with Crippen LogP contribution in [0.1, 0.15) is 34.8 Å². The lowest BCUT2D eigenvalue weighted by Gasteiger charge is -2.26. The molecule has 0 bridgehead atoms. The van der Waals surface area contributed by atoms with Crippen LogP contribution >= 0.6 is 11.6 Å². The summed E-state index contributed by atoms with van der Waals surface area (Å²) in [5.41, 5.74) is 7.56. The molecule has 3 heterocycles. The largest absolute Gasteiger partial charge is 0.382 e. The first kappa shape index (κ1) is 21.4. The fraction of sp³-hybridized carbons (Fsp3) is 0.364. The van der Waals surface area contributed by atoms with Crippen molar-refractivity contribution >= 4 is 34.1 Å². The molecule has 1 atom stereocenters. The molecule has 0 radical (unpaired) electrons. The fourth-order valence-electron chi connectivity index (χ4n) is 3.72. The molecular weight excluding hydrogens is 416 g/mol. The molecule has 4 rings (SSSR count). The number of rotatable bonds is 6. The van der Waals surface area contributed by atoms with E-state index in [1.807, 2.05) is 31.2 Å². The predicted octanol–water partition coefficient (Wildman–Crippen LogP) is 2.63. The van der Waals surface area contributed by atoms with Gasteiger partial charge in [-0.1, -0.05) is 23.7 Å². The molecule has 9 heteroatoms. The Morgan fingerprint density at radius 3 is 2.84 bits per heavy atom. The molecule has 1 amide bonds. The number of aromatic nitrogens is 3. The van der Waals surface area contributed by atoms with E-state index in [1.54, 1.807) is 0 Å². The lowest BCUT2D eigenvalue weighted by Crippen LogP contribution is -2.37. The highest BCUT2D eigenvalue weighted by Gasteiger charge is 2.19. The number of morpholine rings is 1. The Morgan fingerprint density at radius 2 is 2.06 bits per heavy atom. The van der Waals surface area contributed by atoms with Crippen molar-refractivity contribution in [2.45, 2.75) is 19.4 Å². The van der Waals surface area contributed by atoms with Crippen LogP contribution in [0.4, 0.5) is 5.82 Å². The molecule has 162 valence electrons. The van der Waals surface area contributed by atoms with E-state index in [4.69, 9.17) is 27.1 Å². The van der Waals surface area contributed by atoms with Crippen LogP contribution in [-0.2, 0) is 11.2 Å². The van der Waals surface area contributed by atoms with Crippen LogP contribution < -0.4 is 11.1 Å². The van der Waals surface area contributed by atoms with Crippen LogP contribution in [-0.4, -0.2) is 58.6 Å². The van der Waals surface area contributed by atoms with E-state index in [0.717, 1.165) is 61.4 Å². The molecule has 1 aromatic carbocycles. The van der Waals surface area contributed by atoms with Crippen molar-refractivity contribution in [3.05, 3.63) is 58.8 Å². The van der Waals surface area contributed by atoms with Gasteiger partial charge in [0.1, 0.15) is 0 Å². The minimum Gasteiger partial charge on any atom is -0.382 e. The number of fused-ring (bicyclic) bond motifs is 1. The van der Waals surface area contributed by atoms with Crippen molar-refractivity contribution in [3.8, 4) is 0 Å². The summed E-state index contributed by atoms with van der Waals surface area (Å²) in [5.74, 6) is -0.294. The summed E-state index contributed by atoms with van der Waals surface area (Å²) in [6.45, 7) is 6.09. The van der Waals surface area contributed by atoms with E-state index >= 15 is 0 Å². The zero-order valence-corrected chi connectivity index (χ0v) is 18.1. The monoisotopic (exact) mass is 440 g/mol. The van der Waals surface area contributed by atoms with Crippen LogP contribution in [0.25, 0.3) is 10.8 Å². The maximum atomic E-state index is 12.6. The smallest absolute Gasteiger partial charge is 0.274 e. The third-order valence-corrected chi connectivity index (χ3v) is 5.72. The van der Waals surface area contributed by atoms with Crippen LogP contribution in [0.2, 0.25) is 5.02 Å². The van der Waals surface area contributed by atoms with Gasteiger partial charge in [-0.15, -0.1) is 0 Å². The lowest BCUT2D eigenvalue weighted by atomic mass is 10.0. The molecule has 31 heavy (non-hydrogen) atoms. The van der Waals surface area contributed by atoms with Crippen LogP contribution in [0.3, 0.4) is 0 Å². The van der Waals surface area contributed by atoms with E-state index < -0.39 is 0 Å². The second-order valence-corrected chi connectivity index (χ2v) is 7.93. The number of carbonyl (C=O) groups excluding carboxylic acids is 1. The number of nitrogens with one attached hydrogen (secondary N) is 1. The summed E-state index contributed by atoms with van der Waals surface area (Å²) in [6, 6.07) is 7.43. The Bertz CT molecular complexity index is 1090. The Kier molecular flexibility index (Phi) is 6.60. The molecular formula is C22H25ClN6O2. The summed E-state index contributed by atoms with van der Waals surface area (Å²) in [4.78, 5) is 27.8. The number of pyridine rings is 1. The van der Waals surface area contributed by atoms with Gasteiger partial charge in [-0.05, 0) is 24.4 Å². The van der Waals surface area contributed by atoms with Gasteiger partial charge in [0.2, 0.25) is 0 Å². The SMILES string of the molecule is C[C@H](NC(=O)c1nccnc1N)c1cc2cccc(Cl)c2c(CCN2CCOCC2)n1. The van der Waals surface area contributed by atoms with Gasteiger partial charge >= 0.3 is 0 Å². The van der Waals surface area contributed by atoms with Gasteiger partial charge in [0, 0.05) is 43.8 Å². The number of ether oxygens (including phenoxy) is 1. The van der Waals surface area contributed by atoms with Crippen LogP contribution in [0.5, 0.6) is 0 Å². The molecule has 0 saturated carbocycles. The maximum absolute atomic E-state index is 12.6. The average Bonchev–Trinajstić information content (AvgIpc) is 2.78.